The number of esters is 1. The lowest BCUT2D eigenvalue weighted by Crippen LogP contribution is -2.41. The number of furan rings is 1. The first-order valence-corrected chi connectivity index (χ1v) is 7.27. The van der Waals surface area contributed by atoms with E-state index in [0.717, 1.165) is 6.42 Å². The van der Waals surface area contributed by atoms with Crippen LogP contribution < -0.4 is 5.32 Å². The molecule has 1 aromatic rings. The number of amides is 1. The lowest BCUT2D eigenvalue weighted by atomic mass is 10.2. The van der Waals surface area contributed by atoms with E-state index in [9.17, 15) is 9.59 Å². The third-order valence-corrected chi connectivity index (χ3v) is 2.91. The van der Waals surface area contributed by atoms with E-state index in [2.05, 4.69) is 5.32 Å². The molecule has 0 bridgehead atoms. The molecule has 0 saturated carbocycles. The van der Waals surface area contributed by atoms with Crippen LogP contribution in [0.15, 0.2) is 22.8 Å². The van der Waals surface area contributed by atoms with Crippen molar-refractivity contribution in [3.8, 4) is 0 Å². The number of nitrogens with zero attached hydrogens (tertiary/aromatic N) is 1. The maximum Gasteiger partial charge on any atom is 0.320 e. The van der Waals surface area contributed by atoms with Crippen LogP contribution in [0, 0.1) is 0 Å². The number of hydrogen-bond donors (Lipinski definition) is 1. The summed E-state index contributed by atoms with van der Waals surface area (Å²) in [5.74, 6) is 0.255. The van der Waals surface area contributed by atoms with Gasteiger partial charge in [-0.3, -0.25) is 14.5 Å². The predicted octanol–water partition coefficient (Wildman–Crippen LogP) is 1.73. The van der Waals surface area contributed by atoms with Crippen molar-refractivity contribution >= 4 is 11.9 Å². The van der Waals surface area contributed by atoms with E-state index in [1.54, 1.807) is 24.2 Å². The predicted molar refractivity (Wildman–Crippen MR) is 78.6 cm³/mol. The van der Waals surface area contributed by atoms with E-state index < -0.39 is 0 Å². The van der Waals surface area contributed by atoms with Gasteiger partial charge in [-0.25, -0.2) is 0 Å². The summed E-state index contributed by atoms with van der Waals surface area (Å²) in [6.07, 6.45) is 2.43. The third-order valence-electron chi connectivity index (χ3n) is 2.91. The van der Waals surface area contributed by atoms with Gasteiger partial charge in [0.05, 0.1) is 32.0 Å². The molecule has 118 valence electrons. The maximum absolute atomic E-state index is 12.0. The first-order chi connectivity index (χ1) is 10.1. The Balaban J connectivity index is 2.46. The molecule has 1 aromatic heterocycles. The molecule has 21 heavy (non-hydrogen) atoms. The molecule has 1 heterocycles. The van der Waals surface area contributed by atoms with Gasteiger partial charge < -0.3 is 14.5 Å². The zero-order valence-corrected chi connectivity index (χ0v) is 12.9. The van der Waals surface area contributed by atoms with Gasteiger partial charge in [-0.1, -0.05) is 6.92 Å². The Kier molecular flexibility index (Phi) is 7.53. The van der Waals surface area contributed by atoms with Crippen molar-refractivity contribution in [1.29, 1.82) is 0 Å². The molecule has 0 spiro atoms. The third kappa shape index (κ3) is 6.44. The molecule has 0 fully saturated rings. The Morgan fingerprint density at radius 3 is 2.71 bits per heavy atom. The van der Waals surface area contributed by atoms with Crippen LogP contribution in [0.5, 0.6) is 0 Å². The zero-order chi connectivity index (χ0) is 15.7. The lowest BCUT2D eigenvalue weighted by Gasteiger charge is -2.21. The van der Waals surface area contributed by atoms with Crippen molar-refractivity contribution in [3.63, 3.8) is 0 Å². The quantitative estimate of drug-likeness (QED) is 0.703. The number of ether oxygens (including phenoxy) is 1. The van der Waals surface area contributed by atoms with Gasteiger partial charge >= 0.3 is 5.97 Å². The summed E-state index contributed by atoms with van der Waals surface area (Å²) < 4.78 is 10.2. The van der Waals surface area contributed by atoms with Crippen LogP contribution >= 0.6 is 0 Å². The molecular weight excluding hydrogens is 272 g/mol. The van der Waals surface area contributed by atoms with Gasteiger partial charge in [0.25, 0.3) is 0 Å². The van der Waals surface area contributed by atoms with E-state index in [1.165, 1.54) is 0 Å². The standard InChI is InChI=1S/C15H24N2O4/c1-4-8-17(11-15(19)20-5-2)10-14(18)16-12(3)13-7-6-9-21-13/h6-7,9,12H,4-5,8,10-11H2,1-3H3,(H,16,18). The highest BCUT2D eigenvalue weighted by Crippen LogP contribution is 2.11. The highest BCUT2D eigenvalue weighted by Gasteiger charge is 2.17. The van der Waals surface area contributed by atoms with E-state index >= 15 is 0 Å². The Bertz CT molecular complexity index is 431. The molecule has 1 rings (SSSR count). The van der Waals surface area contributed by atoms with Crippen LogP contribution in [0.3, 0.4) is 0 Å². The molecule has 1 amide bonds. The normalized spacial score (nSPS) is 12.2. The van der Waals surface area contributed by atoms with Gasteiger partial charge in [0.15, 0.2) is 0 Å². The average molecular weight is 296 g/mol. The van der Waals surface area contributed by atoms with Gasteiger partial charge in [0.2, 0.25) is 5.91 Å². The van der Waals surface area contributed by atoms with Crippen LogP contribution in [-0.2, 0) is 14.3 Å². The number of nitrogens with one attached hydrogen (secondary N) is 1. The van der Waals surface area contributed by atoms with Crippen molar-refractivity contribution < 1.29 is 18.7 Å². The molecule has 1 N–H and O–H groups in total. The van der Waals surface area contributed by atoms with Crippen LogP contribution in [-0.4, -0.2) is 43.0 Å². The summed E-state index contributed by atoms with van der Waals surface area (Å²) in [6, 6.07) is 3.40. The van der Waals surface area contributed by atoms with Gasteiger partial charge in [-0.05, 0) is 38.9 Å². The molecule has 1 unspecified atom stereocenters. The average Bonchev–Trinajstić information content (AvgIpc) is 2.92. The molecule has 0 radical (unpaired) electrons. The molecule has 0 aliphatic rings. The molecule has 1 atom stereocenters. The highest BCUT2D eigenvalue weighted by atomic mass is 16.5. The number of carbonyl (C=O) groups excluding carboxylic acids is 2. The fourth-order valence-electron chi connectivity index (χ4n) is 2.02. The molecule has 6 nitrogen and oxygen atoms in total. The van der Waals surface area contributed by atoms with Gasteiger partial charge in [-0.2, -0.15) is 0 Å². The molecule has 0 aliphatic carbocycles. The molecular formula is C15H24N2O4. The summed E-state index contributed by atoms with van der Waals surface area (Å²) in [6.45, 7) is 6.93. The molecule has 0 aliphatic heterocycles. The monoisotopic (exact) mass is 296 g/mol. The number of hydrogen-bond acceptors (Lipinski definition) is 5. The maximum atomic E-state index is 12.0. The molecule has 6 heteroatoms. The van der Waals surface area contributed by atoms with E-state index in [0.29, 0.717) is 18.9 Å². The van der Waals surface area contributed by atoms with Gasteiger partial charge in [-0.15, -0.1) is 0 Å². The summed E-state index contributed by atoms with van der Waals surface area (Å²) in [5, 5.41) is 2.85. The first-order valence-electron chi connectivity index (χ1n) is 7.27. The Labute approximate surface area is 125 Å². The largest absolute Gasteiger partial charge is 0.467 e. The zero-order valence-electron chi connectivity index (χ0n) is 12.9. The van der Waals surface area contributed by atoms with Crippen LogP contribution in [0.2, 0.25) is 0 Å². The van der Waals surface area contributed by atoms with E-state index in [4.69, 9.17) is 9.15 Å². The summed E-state index contributed by atoms with van der Waals surface area (Å²) in [4.78, 5) is 25.3. The summed E-state index contributed by atoms with van der Waals surface area (Å²) in [7, 11) is 0. The minimum absolute atomic E-state index is 0.129. The highest BCUT2D eigenvalue weighted by molar-refractivity contribution is 5.79. The molecule has 0 saturated heterocycles. The second-order valence-corrected chi connectivity index (χ2v) is 4.82. The van der Waals surface area contributed by atoms with Crippen molar-refractivity contribution in [3.05, 3.63) is 24.2 Å². The van der Waals surface area contributed by atoms with E-state index in [-0.39, 0.29) is 31.0 Å². The number of rotatable bonds is 9. The van der Waals surface area contributed by atoms with E-state index in [1.807, 2.05) is 19.9 Å². The summed E-state index contributed by atoms with van der Waals surface area (Å²) in [5.41, 5.74) is 0. The van der Waals surface area contributed by atoms with Crippen LogP contribution in [0.25, 0.3) is 0 Å². The smallest absolute Gasteiger partial charge is 0.320 e. The number of carbonyl (C=O) groups is 2. The Morgan fingerprint density at radius 1 is 1.38 bits per heavy atom. The molecule has 0 aromatic carbocycles. The minimum atomic E-state index is -0.308. The van der Waals surface area contributed by atoms with Crippen molar-refractivity contribution in [2.75, 3.05) is 26.2 Å². The van der Waals surface area contributed by atoms with Crippen molar-refractivity contribution in [2.24, 2.45) is 0 Å². The first kappa shape index (κ1) is 17.2. The van der Waals surface area contributed by atoms with Gasteiger partial charge in [0.1, 0.15) is 5.76 Å². The topological polar surface area (TPSA) is 71.8 Å². The second kappa shape index (κ2) is 9.18. The van der Waals surface area contributed by atoms with Crippen molar-refractivity contribution in [1.82, 2.24) is 10.2 Å². The SMILES string of the molecule is CCCN(CC(=O)NC(C)c1ccco1)CC(=O)OCC. The Hall–Kier alpha value is -1.82. The second-order valence-electron chi connectivity index (χ2n) is 4.82. The minimum Gasteiger partial charge on any atom is -0.467 e. The van der Waals surface area contributed by atoms with Crippen LogP contribution in [0.4, 0.5) is 0 Å². The fourth-order valence-corrected chi connectivity index (χ4v) is 2.02. The fraction of sp³-hybridized carbons (Fsp3) is 0.600. The van der Waals surface area contributed by atoms with Crippen molar-refractivity contribution in [2.45, 2.75) is 33.2 Å². The summed E-state index contributed by atoms with van der Waals surface area (Å²) >= 11 is 0. The van der Waals surface area contributed by atoms with Gasteiger partial charge in [0, 0.05) is 0 Å². The Morgan fingerprint density at radius 2 is 2.14 bits per heavy atom. The lowest BCUT2D eigenvalue weighted by molar-refractivity contribution is -0.144. The van der Waals surface area contributed by atoms with Crippen LogP contribution in [0.1, 0.15) is 39.0 Å².